The Morgan fingerprint density at radius 1 is 1.24 bits per heavy atom. The van der Waals surface area contributed by atoms with E-state index in [1.54, 1.807) is 0 Å². The number of pyridine rings is 1. The summed E-state index contributed by atoms with van der Waals surface area (Å²) in [6.45, 7) is 2.14. The van der Waals surface area contributed by atoms with Crippen LogP contribution in [0, 0.1) is 0 Å². The van der Waals surface area contributed by atoms with E-state index in [0.29, 0.717) is 6.04 Å². The molecular formula is C16H19N5. The van der Waals surface area contributed by atoms with Crippen molar-refractivity contribution in [3.05, 3.63) is 36.9 Å². The number of aromatic amines is 2. The van der Waals surface area contributed by atoms with E-state index in [1.807, 2.05) is 24.8 Å². The van der Waals surface area contributed by atoms with Crippen LogP contribution < -0.4 is 10.6 Å². The number of H-pyrrole nitrogens is 2. The number of nitrogens with zero attached hydrogens (tertiary/aromatic N) is 1. The smallest absolute Gasteiger partial charge is 0.139 e. The summed E-state index contributed by atoms with van der Waals surface area (Å²) in [6, 6.07) is 4.65. The average Bonchev–Trinajstić information content (AvgIpc) is 3.20. The molecule has 0 unspecified atom stereocenters. The first kappa shape index (κ1) is 12.5. The van der Waals surface area contributed by atoms with Gasteiger partial charge in [-0.1, -0.05) is 0 Å². The van der Waals surface area contributed by atoms with Crippen LogP contribution in [0.4, 0.5) is 5.69 Å². The normalized spacial score (nSPS) is 19.0. The molecule has 0 aromatic carbocycles. The van der Waals surface area contributed by atoms with Gasteiger partial charge in [-0.25, -0.2) is 4.98 Å². The van der Waals surface area contributed by atoms with Crippen LogP contribution in [0.5, 0.6) is 0 Å². The van der Waals surface area contributed by atoms with E-state index < -0.39 is 0 Å². The zero-order valence-corrected chi connectivity index (χ0v) is 11.8. The van der Waals surface area contributed by atoms with Gasteiger partial charge in [-0.2, -0.15) is 0 Å². The SMILES string of the molecule is c1cc(-c2cnc3[nH]ccc3c2N[C@H]2CCCNC2)c[nH]1. The fraction of sp³-hybridized carbons (Fsp3) is 0.312. The highest BCUT2D eigenvalue weighted by Crippen LogP contribution is 2.34. The highest BCUT2D eigenvalue weighted by molar-refractivity contribution is 5.98. The highest BCUT2D eigenvalue weighted by Gasteiger charge is 2.17. The topological polar surface area (TPSA) is 68.5 Å². The van der Waals surface area contributed by atoms with E-state index in [2.05, 4.69) is 37.7 Å². The average molecular weight is 281 g/mol. The van der Waals surface area contributed by atoms with E-state index in [-0.39, 0.29) is 0 Å². The molecule has 4 N–H and O–H groups in total. The predicted octanol–water partition coefficient (Wildman–Crippen LogP) is 2.72. The third-order valence-electron chi connectivity index (χ3n) is 4.14. The van der Waals surface area contributed by atoms with Crippen LogP contribution in [0.3, 0.4) is 0 Å². The minimum Gasteiger partial charge on any atom is -0.380 e. The molecule has 0 bridgehead atoms. The predicted molar refractivity (Wildman–Crippen MR) is 85.4 cm³/mol. The molecule has 1 aliphatic heterocycles. The Hall–Kier alpha value is -2.27. The lowest BCUT2D eigenvalue weighted by atomic mass is 10.0. The number of hydrogen-bond donors (Lipinski definition) is 4. The van der Waals surface area contributed by atoms with E-state index in [9.17, 15) is 0 Å². The monoisotopic (exact) mass is 281 g/mol. The van der Waals surface area contributed by atoms with Crippen LogP contribution in [-0.4, -0.2) is 34.1 Å². The molecule has 0 saturated carbocycles. The van der Waals surface area contributed by atoms with Gasteiger partial charge in [0.05, 0.1) is 5.69 Å². The van der Waals surface area contributed by atoms with E-state index in [1.165, 1.54) is 18.5 Å². The minimum atomic E-state index is 0.469. The highest BCUT2D eigenvalue weighted by atomic mass is 15.0. The lowest BCUT2D eigenvalue weighted by Gasteiger charge is -2.26. The van der Waals surface area contributed by atoms with Gasteiger partial charge in [-0.3, -0.25) is 0 Å². The Kier molecular flexibility index (Phi) is 3.12. The standard InChI is InChI=1S/C16H19N5/c1-2-12(9-17-5-1)21-15-13-4-7-19-16(13)20-10-14(15)11-3-6-18-8-11/h3-4,6-8,10,12,17-18H,1-2,5,9H2,(H2,19,20,21)/t12-/m0/s1. The summed E-state index contributed by atoms with van der Waals surface area (Å²) < 4.78 is 0. The second kappa shape index (κ2) is 5.26. The first-order valence-electron chi connectivity index (χ1n) is 7.48. The van der Waals surface area contributed by atoms with Gasteiger partial charge in [0.2, 0.25) is 0 Å². The van der Waals surface area contributed by atoms with Crippen molar-refractivity contribution in [2.45, 2.75) is 18.9 Å². The molecule has 3 aromatic heterocycles. The van der Waals surface area contributed by atoms with Gasteiger partial charge in [-0.05, 0) is 31.5 Å². The van der Waals surface area contributed by atoms with Crippen LogP contribution in [0.2, 0.25) is 0 Å². The Labute approximate surface area is 123 Å². The molecule has 21 heavy (non-hydrogen) atoms. The molecule has 108 valence electrons. The van der Waals surface area contributed by atoms with Gasteiger partial charge in [0, 0.05) is 53.9 Å². The van der Waals surface area contributed by atoms with Crippen LogP contribution in [0.15, 0.2) is 36.9 Å². The first-order chi connectivity index (χ1) is 10.4. The minimum absolute atomic E-state index is 0.469. The summed E-state index contributed by atoms with van der Waals surface area (Å²) in [5, 5.41) is 8.34. The summed E-state index contributed by atoms with van der Waals surface area (Å²) in [7, 11) is 0. The molecule has 1 aliphatic rings. The van der Waals surface area contributed by atoms with Crippen LogP contribution in [-0.2, 0) is 0 Å². The van der Waals surface area contributed by atoms with Gasteiger partial charge in [0.1, 0.15) is 5.65 Å². The summed E-state index contributed by atoms with van der Waals surface area (Å²) in [4.78, 5) is 10.8. The Bertz CT molecular complexity index is 722. The van der Waals surface area contributed by atoms with E-state index in [4.69, 9.17) is 0 Å². The number of nitrogens with one attached hydrogen (secondary N) is 4. The number of rotatable bonds is 3. The van der Waals surface area contributed by atoms with Gasteiger partial charge in [-0.15, -0.1) is 0 Å². The molecule has 5 heteroatoms. The largest absolute Gasteiger partial charge is 0.380 e. The lowest BCUT2D eigenvalue weighted by molar-refractivity contribution is 0.480. The van der Waals surface area contributed by atoms with E-state index >= 15 is 0 Å². The second-order valence-corrected chi connectivity index (χ2v) is 5.57. The van der Waals surface area contributed by atoms with Crippen molar-refractivity contribution in [3.8, 4) is 11.1 Å². The first-order valence-corrected chi connectivity index (χ1v) is 7.48. The van der Waals surface area contributed by atoms with Crippen molar-refractivity contribution in [2.75, 3.05) is 18.4 Å². The molecule has 0 spiro atoms. The zero-order chi connectivity index (χ0) is 14.1. The van der Waals surface area contributed by atoms with Crippen molar-refractivity contribution in [1.29, 1.82) is 0 Å². The third kappa shape index (κ3) is 2.29. The van der Waals surface area contributed by atoms with Crippen molar-refractivity contribution in [3.63, 3.8) is 0 Å². The molecule has 4 rings (SSSR count). The maximum atomic E-state index is 4.53. The van der Waals surface area contributed by atoms with Crippen molar-refractivity contribution in [1.82, 2.24) is 20.3 Å². The maximum Gasteiger partial charge on any atom is 0.139 e. The molecule has 1 atom stereocenters. The van der Waals surface area contributed by atoms with Gasteiger partial charge < -0.3 is 20.6 Å². The zero-order valence-electron chi connectivity index (χ0n) is 11.8. The Balaban J connectivity index is 1.79. The second-order valence-electron chi connectivity index (χ2n) is 5.57. The van der Waals surface area contributed by atoms with Crippen molar-refractivity contribution >= 4 is 16.7 Å². The number of fused-ring (bicyclic) bond motifs is 1. The summed E-state index contributed by atoms with van der Waals surface area (Å²) in [5.41, 5.74) is 4.42. The number of aromatic nitrogens is 3. The molecule has 0 amide bonds. The third-order valence-corrected chi connectivity index (χ3v) is 4.14. The van der Waals surface area contributed by atoms with Crippen molar-refractivity contribution < 1.29 is 0 Å². The fourth-order valence-corrected chi connectivity index (χ4v) is 3.05. The van der Waals surface area contributed by atoms with E-state index in [0.717, 1.165) is 35.2 Å². The number of anilines is 1. The van der Waals surface area contributed by atoms with Gasteiger partial charge >= 0.3 is 0 Å². The van der Waals surface area contributed by atoms with Gasteiger partial charge in [0.25, 0.3) is 0 Å². The van der Waals surface area contributed by atoms with Crippen LogP contribution >= 0.6 is 0 Å². The van der Waals surface area contributed by atoms with Crippen LogP contribution in [0.25, 0.3) is 22.2 Å². The quantitative estimate of drug-likeness (QED) is 0.596. The molecule has 1 fully saturated rings. The lowest BCUT2D eigenvalue weighted by Crippen LogP contribution is -2.38. The molecule has 1 saturated heterocycles. The number of piperidine rings is 1. The summed E-state index contributed by atoms with van der Waals surface area (Å²) >= 11 is 0. The van der Waals surface area contributed by atoms with Gasteiger partial charge in [0.15, 0.2) is 0 Å². The molecular weight excluding hydrogens is 262 g/mol. The molecule has 5 nitrogen and oxygen atoms in total. The summed E-state index contributed by atoms with van der Waals surface area (Å²) in [6.07, 6.45) is 10.3. The molecule has 0 radical (unpaired) electrons. The molecule has 3 aromatic rings. The van der Waals surface area contributed by atoms with Crippen LogP contribution in [0.1, 0.15) is 12.8 Å². The Morgan fingerprint density at radius 3 is 3.05 bits per heavy atom. The molecule has 4 heterocycles. The maximum absolute atomic E-state index is 4.53. The summed E-state index contributed by atoms with van der Waals surface area (Å²) in [5.74, 6) is 0. The number of hydrogen-bond acceptors (Lipinski definition) is 3. The Morgan fingerprint density at radius 2 is 2.24 bits per heavy atom. The fourth-order valence-electron chi connectivity index (χ4n) is 3.05. The molecule has 0 aliphatic carbocycles. The van der Waals surface area contributed by atoms with Crippen molar-refractivity contribution in [2.24, 2.45) is 0 Å².